The van der Waals surface area contributed by atoms with Crippen LogP contribution < -0.4 is 18.9 Å². The summed E-state index contributed by atoms with van der Waals surface area (Å²) < 4.78 is 29.6. The fourth-order valence-corrected chi connectivity index (χ4v) is 7.15. The first-order valence-corrected chi connectivity index (χ1v) is 16.4. The van der Waals surface area contributed by atoms with Crippen molar-refractivity contribution in [1.82, 2.24) is 9.80 Å². The highest BCUT2D eigenvalue weighted by molar-refractivity contribution is 5.69. The molecular formula is C39H51N3O6. The lowest BCUT2D eigenvalue weighted by Gasteiger charge is -2.48. The Kier molecular flexibility index (Phi) is 12.4. The number of ether oxygens (including phenoxy) is 5. The Morgan fingerprint density at radius 1 is 0.896 bits per heavy atom. The van der Waals surface area contributed by atoms with E-state index in [0.29, 0.717) is 55.5 Å². The average Bonchev–Trinajstić information content (AvgIpc) is 3.20. The van der Waals surface area contributed by atoms with Gasteiger partial charge in [-0.05, 0) is 99.8 Å². The van der Waals surface area contributed by atoms with E-state index in [0.717, 1.165) is 27.8 Å². The first-order valence-electron chi connectivity index (χ1n) is 16.4. The number of hydrogen-bond acceptors (Lipinski definition) is 9. The van der Waals surface area contributed by atoms with E-state index >= 15 is 0 Å². The summed E-state index contributed by atoms with van der Waals surface area (Å²) in [6.07, 6.45) is 2.01. The Hall–Kier alpha value is -4.26. The van der Waals surface area contributed by atoms with Crippen molar-refractivity contribution in [2.45, 2.75) is 78.0 Å². The molecule has 0 amide bonds. The van der Waals surface area contributed by atoms with Gasteiger partial charge in [-0.15, -0.1) is 0 Å². The van der Waals surface area contributed by atoms with Crippen molar-refractivity contribution < 1.29 is 28.5 Å². The number of rotatable bonds is 12. The van der Waals surface area contributed by atoms with Crippen LogP contribution in [0.15, 0.2) is 48.5 Å². The molecule has 0 saturated heterocycles. The van der Waals surface area contributed by atoms with Gasteiger partial charge in [0.15, 0.2) is 23.0 Å². The normalized spacial score (nSPS) is 19.8. The molecule has 3 aromatic carbocycles. The molecule has 5 rings (SSSR count). The maximum Gasteiger partial charge on any atom is 0.306 e. The fourth-order valence-electron chi connectivity index (χ4n) is 7.15. The summed E-state index contributed by atoms with van der Waals surface area (Å²) in [6.45, 7) is 7.04. The van der Waals surface area contributed by atoms with Gasteiger partial charge < -0.3 is 28.6 Å². The SMILES string of the molecule is C.CCOc1cc2c(cc1OCC)C(COC(=O)CCc1ccc(C)cc1)N1C(C2)[C@H](N(C)C)c2cc(OC)c(OC)cc2C[C@@H]1C#N. The largest absolute Gasteiger partial charge is 0.493 e. The zero-order chi connectivity index (χ0) is 33.7. The fraction of sp³-hybridized carbons (Fsp3) is 0.487. The molecule has 0 spiro atoms. The molecule has 258 valence electrons. The zero-order valence-electron chi connectivity index (χ0n) is 28.7. The van der Waals surface area contributed by atoms with Crippen LogP contribution in [-0.4, -0.2) is 76.0 Å². The second kappa shape index (κ2) is 16.2. The van der Waals surface area contributed by atoms with E-state index in [1.807, 2.05) is 45.0 Å². The third-order valence-corrected chi connectivity index (χ3v) is 9.28. The Labute approximate surface area is 286 Å². The van der Waals surface area contributed by atoms with E-state index in [1.165, 1.54) is 5.56 Å². The van der Waals surface area contributed by atoms with Crippen LogP contribution in [-0.2, 0) is 28.8 Å². The van der Waals surface area contributed by atoms with Crippen molar-refractivity contribution in [3.63, 3.8) is 0 Å². The molecule has 0 bridgehead atoms. The minimum Gasteiger partial charge on any atom is -0.493 e. The molecule has 2 aliphatic rings. The summed E-state index contributed by atoms with van der Waals surface area (Å²) in [5.41, 5.74) is 6.47. The van der Waals surface area contributed by atoms with Gasteiger partial charge in [-0.2, -0.15) is 5.26 Å². The maximum atomic E-state index is 13.2. The lowest BCUT2D eigenvalue weighted by Crippen LogP contribution is -2.54. The van der Waals surface area contributed by atoms with Gasteiger partial charge in [0.2, 0.25) is 0 Å². The average molecular weight is 658 g/mol. The molecule has 2 aliphatic heterocycles. The van der Waals surface area contributed by atoms with Gasteiger partial charge in [-0.25, -0.2) is 0 Å². The first kappa shape index (κ1) is 36.6. The summed E-state index contributed by atoms with van der Waals surface area (Å²) in [6, 6.07) is 17.9. The van der Waals surface area contributed by atoms with Gasteiger partial charge in [-0.1, -0.05) is 37.3 Å². The Balaban J connectivity index is 0.00000520. The number of carbonyl (C=O) groups is 1. The molecular weight excluding hydrogens is 606 g/mol. The highest BCUT2D eigenvalue weighted by Gasteiger charge is 2.47. The van der Waals surface area contributed by atoms with Gasteiger partial charge in [0, 0.05) is 18.9 Å². The number of aryl methyl sites for hydroxylation is 2. The van der Waals surface area contributed by atoms with Crippen molar-refractivity contribution in [1.29, 1.82) is 5.26 Å². The molecule has 0 radical (unpaired) electrons. The number of fused-ring (bicyclic) bond motifs is 3. The van der Waals surface area contributed by atoms with Crippen LogP contribution in [0.4, 0.5) is 0 Å². The molecule has 9 nitrogen and oxygen atoms in total. The Bertz CT molecular complexity index is 1600. The van der Waals surface area contributed by atoms with Crippen molar-refractivity contribution in [2.24, 2.45) is 0 Å². The van der Waals surface area contributed by atoms with Crippen LogP contribution in [0.5, 0.6) is 23.0 Å². The molecule has 0 N–H and O–H groups in total. The molecule has 9 heteroatoms. The number of benzene rings is 3. The predicted octanol–water partition coefficient (Wildman–Crippen LogP) is 6.64. The minimum atomic E-state index is -0.492. The quantitative estimate of drug-likeness (QED) is 0.199. The van der Waals surface area contributed by atoms with Crippen molar-refractivity contribution in [3.05, 3.63) is 81.9 Å². The second-order valence-electron chi connectivity index (χ2n) is 12.4. The lowest BCUT2D eigenvalue weighted by atomic mass is 9.82. The van der Waals surface area contributed by atoms with Crippen molar-refractivity contribution >= 4 is 5.97 Å². The molecule has 4 atom stereocenters. The van der Waals surface area contributed by atoms with Crippen LogP contribution in [0, 0.1) is 18.3 Å². The smallest absolute Gasteiger partial charge is 0.306 e. The first-order chi connectivity index (χ1) is 22.7. The number of methoxy groups -OCH3 is 2. The number of carbonyl (C=O) groups excluding carboxylic acids is 1. The van der Waals surface area contributed by atoms with E-state index in [2.05, 4.69) is 54.2 Å². The standard InChI is InChI=1S/C38H47N3O6.CH4/c1-8-45-35-19-27-17-31-38(40(4)5)30-21-34(44-7)33(43-6)18-26(30)16-28(22-39)41(31)32(29(27)20-36(35)46-9-2)23-47-37(42)15-14-25-12-10-24(3)11-13-25;/h10-13,18-21,28,31-32,38H,8-9,14-17,23H2,1-7H3;1H4/t28-,31?,32?,38-;/m1./s1. The topological polar surface area (TPSA) is 93.5 Å². The van der Waals surface area contributed by atoms with Crippen LogP contribution in [0.2, 0.25) is 0 Å². The molecule has 48 heavy (non-hydrogen) atoms. The van der Waals surface area contributed by atoms with Gasteiger partial charge in [0.1, 0.15) is 12.6 Å². The Morgan fingerprint density at radius 2 is 1.48 bits per heavy atom. The molecule has 3 aromatic rings. The molecule has 0 fully saturated rings. The monoisotopic (exact) mass is 657 g/mol. The van der Waals surface area contributed by atoms with Gasteiger partial charge in [0.25, 0.3) is 0 Å². The minimum absolute atomic E-state index is 0. The number of nitrogens with zero attached hydrogens (tertiary/aromatic N) is 3. The van der Waals surface area contributed by atoms with E-state index in [1.54, 1.807) is 14.2 Å². The van der Waals surface area contributed by atoms with Gasteiger partial charge in [-0.3, -0.25) is 9.69 Å². The van der Waals surface area contributed by atoms with E-state index in [4.69, 9.17) is 23.7 Å². The highest BCUT2D eigenvalue weighted by Crippen LogP contribution is 2.48. The van der Waals surface area contributed by atoms with Gasteiger partial charge in [0.05, 0.1) is 45.6 Å². The maximum absolute atomic E-state index is 13.2. The highest BCUT2D eigenvalue weighted by atomic mass is 16.5. The summed E-state index contributed by atoms with van der Waals surface area (Å²) in [5.74, 6) is 2.35. The van der Waals surface area contributed by atoms with Crippen molar-refractivity contribution in [3.8, 4) is 29.1 Å². The van der Waals surface area contributed by atoms with Crippen LogP contribution >= 0.6 is 0 Å². The summed E-state index contributed by atoms with van der Waals surface area (Å²) in [7, 11) is 7.40. The zero-order valence-corrected chi connectivity index (χ0v) is 28.7. The number of hydrogen-bond donors (Lipinski definition) is 0. The number of esters is 1. The summed E-state index contributed by atoms with van der Waals surface area (Å²) in [5, 5.41) is 10.7. The number of nitriles is 1. The van der Waals surface area contributed by atoms with Crippen LogP contribution in [0.25, 0.3) is 0 Å². The third kappa shape index (κ3) is 7.56. The molecule has 0 saturated carbocycles. The van der Waals surface area contributed by atoms with Crippen LogP contribution in [0.1, 0.15) is 73.2 Å². The molecule has 0 aliphatic carbocycles. The van der Waals surface area contributed by atoms with E-state index in [-0.39, 0.29) is 44.5 Å². The van der Waals surface area contributed by atoms with E-state index < -0.39 is 6.04 Å². The van der Waals surface area contributed by atoms with Crippen LogP contribution in [0.3, 0.4) is 0 Å². The number of likely N-dealkylation sites (N-methyl/N-ethyl adjacent to an activating group) is 1. The van der Waals surface area contributed by atoms with E-state index in [9.17, 15) is 10.1 Å². The lowest BCUT2D eigenvalue weighted by molar-refractivity contribution is -0.146. The predicted molar refractivity (Wildman–Crippen MR) is 187 cm³/mol. The molecule has 2 heterocycles. The summed E-state index contributed by atoms with van der Waals surface area (Å²) >= 11 is 0. The van der Waals surface area contributed by atoms with Gasteiger partial charge >= 0.3 is 5.97 Å². The Morgan fingerprint density at radius 3 is 2.08 bits per heavy atom. The summed E-state index contributed by atoms with van der Waals surface area (Å²) in [4.78, 5) is 17.7. The molecule has 0 aromatic heterocycles. The van der Waals surface area contributed by atoms with Crippen molar-refractivity contribution in [2.75, 3.05) is 48.1 Å². The molecule has 2 unspecified atom stereocenters. The third-order valence-electron chi connectivity index (χ3n) is 9.28. The second-order valence-corrected chi connectivity index (χ2v) is 12.4.